The molecule has 1 heterocycles. The number of nitrogens with zero attached hydrogens (tertiary/aromatic N) is 1. The molecule has 0 radical (unpaired) electrons. The Kier molecular flexibility index (Phi) is 9.80. The Morgan fingerprint density at radius 2 is 1.92 bits per heavy atom. The molecule has 2 atom stereocenters. The van der Waals surface area contributed by atoms with E-state index in [0.717, 1.165) is 74.7 Å². The molecule has 0 saturated carbocycles. The van der Waals surface area contributed by atoms with Crippen molar-refractivity contribution in [3.8, 4) is 11.5 Å². The Morgan fingerprint density at radius 3 is 2.58 bits per heavy atom. The van der Waals surface area contributed by atoms with E-state index >= 15 is 0 Å². The van der Waals surface area contributed by atoms with Gasteiger partial charge in [0.05, 0.1) is 12.5 Å². The Morgan fingerprint density at radius 1 is 1.19 bits per heavy atom. The highest BCUT2D eigenvalue weighted by Crippen LogP contribution is 2.54. The molecule has 0 fully saturated rings. The predicted octanol–water partition coefficient (Wildman–Crippen LogP) is 7.34. The molecule has 0 spiro atoms. The summed E-state index contributed by atoms with van der Waals surface area (Å²) in [6, 6.07) is 4.15. The lowest BCUT2D eigenvalue weighted by atomic mass is 9.67. The first-order chi connectivity index (χ1) is 17.2. The molecule has 0 unspecified atom stereocenters. The number of fused-ring (bicyclic) bond motifs is 3. The third-order valence-corrected chi connectivity index (χ3v) is 7.67. The molecule has 0 N–H and O–H groups in total. The normalized spacial score (nSPS) is 20.1. The Balaban J connectivity index is 1.89. The van der Waals surface area contributed by atoms with Crippen molar-refractivity contribution in [3.05, 3.63) is 45.0 Å². The number of ether oxygens (including phenoxy) is 2. The maximum Gasteiger partial charge on any atom is 0.314 e. The first-order valence-corrected chi connectivity index (χ1v) is 13.7. The molecule has 1 aromatic carbocycles. The number of allylic oxidation sites excluding steroid dienone is 2. The summed E-state index contributed by atoms with van der Waals surface area (Å²) in [4.78, 5) is 28.0. The number of carbonyl (C=O) groups excluding carboxylic acids is 1. The number of rotatable bonds is 13. The van der Waals surface area contributed by atoms with Gasteiger partial charge in [-0.25, -0.2) is 0 Å². The molecule has 2 aliphatic rings. The summed E-state index contributed by atoms with van der Waals surface area (Å²) < 4.78 is 12.8. The summed E-state index contributed by atoms with van der Waals surface area (Å²) in [6.45, 7) is 10.8. The summed E-state index contributed by atoms with van der Waals surface area (Å²) in [5.74, 6) is 1.82. The fourth-order valence-corrected chi connectivity index (χ4v) is 5.85. The van der Waals surface area contributed by atoms with E-state index in [0.29, 0.717) is 18.1 Å². The van der Waals surface area contributed by atoms with Gasteiger partial charge >= 0.3 is 5.97 Å². The molecule has 0 bridgehead atoms. The number of unbranched alkanes of at least 4 members (excludes halogenated alkanes) is 2. The molecule has 0 amide bonds. The van der Waals surface area contributed by atoms with E-state index in [-0.39, 0.29) is 30.0 Å². The van der Waals surface area contributed by atoms with Crippen LogP contribution in [0.25, 0.3) is 0 Å². The van der Waals surface area contributed by atoms with Gasteiger partial charge in [0.25, 0.3) is 5.09 Å². The van der Waals surface area contributed by atoms with Gasteiger partial charge in [-0.1, -0.05) is 44.8 Å². The van der Waals surface area contributed by atoms with Gasteiger partial charge < -0.3 is 14.3 Å². The van der Waals surface area contributed by atoms with Crippen molar-refractivity contribution in [2.24, 2.45) is 11.8 Å². The fraction of sp³-hybridized carbons (Fsp3) is 0.690. The van der Waals surface area contributed by atoms with Crippen LogP contribution in [0.1, 0.15) is 109 Å². The molecular weight excluding hydrogens is 458 g/mol. The topological polar surface area (TPSA) is 87.9 Å². The number of hydrogen-bond donors (Lipinski definition) is 0. The van der Waals surface area contributed by atoms with E-state index in [9.17, 15) is 14.9 Å². The Hall–Kier alpha value is -2.57. The number of benzene rings is 1. The monoisotopic (exact) mass is 501 g/mol. The Labute approximate surface area is 215 Å². The minimum absolute atomic E-state index is 0.0920. The molecule has 7 nitrogen and oxygen atoms in total. The maximum absolute atomic E-state index is 13.3. The number of esters is 1. The van der Waals surface area contributed by atoms with Gasteiger partial charge in [-0.2, -0.15) is 0 Å². The van der Waals surface area contributed by atoms with Crippen LogP contribution in [0.4, 0.5) is 0 Å². The molecule has 1 aromatic rings. The Bertz CT molecular complexity index is 947. The van der Waals surface area contributed by atoms with Gasteiger partial charge in [-0.3, -0.25) is 4.79 Å². The molecule has 1 aliphatic heterocycles. The van der Waals surface area contributed by atoms with Crippen LogP contribution < -0.4 is 9.47 Å². The van der Waals surface area contributed by atoms with Gasteiger partial charge in [0.15, 0.2) is 0 Å². The molecular formula is C29H43NO6. The van der Waals surface area contributed by atoms with Crippen LogP contribution in [0.3, 0.4) is 0 Å². The van der Waals surface area contributed by atoms with Crippen LogP contribution in [0.2, 0.25) is 0 Å². The third-order valence-electron chi connectivity index (χ3n) is 7.67. The summed E-state index contributed by atoms with van der Waals surface area (Å²) >= 11 is 0. The highest BCUT2D eigenvalue weighted by molar-refractivity contribution is 5.76. The van der Waals surface area contributed by atoms with Crippen LogP contribution in [0.5, 0.6) is 11.5 Å². The quantitative estimate of drug-likeness (QED) is 0.0701. The summed E-state index contributed by atoms with van der Waals surface area (Å²) in [7, 11) is 0. The zero-order valence-electron chi connectivity index (χ0n) is 22.6. The number of hydrogen-bond acceptors (Lipinski definition) is 6. The van der Waals surface area contributed by atoms with Crippen LogP contribution >= 0.6 is 0 Å². The highest BCUT2D eigenvalue weighted by atomic mass is 16.9. The van der Waals surface area contributed by atoms with Crippen molar-refractivity contribution in [2.45, 2.75) is 110 Å². The number of aryl methyl sites for hydroxylation is 1. The van der Waals surface area contributed by atoms with Gasteiger partial charge in [0.1, 0.15) is 17.1 Å². The van der Waals surface area contributed by atoms with Crippen molar-refractivity contribution in [1.82, 2.24) is 0 Å². The van der Waals surface area contributed by atoms with E-state index in [1.165, 1.54) is 5.57 Å². The zero-order chi connectivity index (χ0) is 26.3. The lowest BCUT2D eigenvalue weighted by molar-refractivity contribution is -0.757. The molecule has 3 rings (SSSR count). The van der Waals surface area contributed by atoms with Crippen molar-refractivity contribution < 1.29 is 24.2 Å². The highest BCUT2D eigenvalue weighted by Gasteiger charge is 2.46. The van der Waals surface area contributed by atoms with Crippen molar-refractivity contribution in [2.75, 3.05) is 6.61 Å². The van der Waals surface area contributed by atoms with Crippen LogP contribution in [-0.4, -0.2) is 23.3 Å². The largest absolute Gasteiger partial charge is 0.487 e. The summed E-state index contributed by atoms with van der Waals surface area (Å²) in [5, 5.41) is 9.60. The summed E-state index contributed by atoms with van der Waals surface area (Å²) in [6.07, 6.45) is 10.9. The smallest absolute Gasteiger partial charge is 0.314 e. The predicted molar refractivity (Wildman–Crippen MR) is 140 cm³/mol. The third kappa shape index (κ3) is 7.01. The van der Waals surface area contributed by atoms with E-state index in [1.54, 1.807) is 0 Å². The molecule has 0 saturated heterocycles. The average Bonchev–Trinajstić information content (AvgIpc) is 2.80. The standard InChI is InChI=1S/C29H43NO6/c1-6-11-22(12-7-2)28(31)35-25-18-21(13-9-8-10-16-34-30(32)33)19-26-27(25)23-17-20(3)14-15-24(23)29(4,5)36-26/h14,18-19,22-24H,6-13,15-17H2,1-5H3/t23-,24-/m1/s1. The van der Waals surface area contributed by atoms with Gasteiger partial charge in [-0.15, -0.1) is 10.1 Å². The van der Waals surface area contributed by atoms with Crippen molar-refractivity contribution in [3.63, 3.8) is 0 Å². The first-order valence-electron chi connectivity index (χ1n) is 13.7. The zero-order valence-corrected chi connectivity index (χ0v) is 22.6. The lowest BCUT2D eigenvalue weighted by Gasteiger charge is -2.47. The SMILES string of the molecule is CCCC(CCC)C(=O)Oc1cc(CCCCCO[N+](=O)[O-])cc2c1[C@@H]1CC(C)=CC[C@H]1C(C)(C)O2. The second-order valence-corrected chi connectivity index (χ2v) is 11.0. The molecule has 200 valence electrons. The van der Waals surface area contributed by atoms with Crippen LogP contribution in [0.15, 0.2) is 23.8 Å². The van der Waals surface area contributed by atoms with E-state index in [2.05, 4.69) is 51.6 Å². The minimum Gasteiger partial charge on any atom is -0.487 e. The van der Waals surface area contributed by atoms with Crippen molar-refractivity contribution in [1.29, 1.82) is 0 Å². The minimum atomic E-state index is -0.747. The maximum atomic E-state index is 13.3. The lowest BCUT2D eigenvalue weighted by Crippen LogP contribution is -2.45. The fourth-order valence-electron chi connectivity index (χ4n) is 5.85. The molecule has 7 heteroatoms. The average molecular weight is 502 g/mol. The first kappa shape index (κ1) is 28.0. The van der Waals surface area contributed by atoms with Gasteiger partial charge in [-0.05, 0) is 83.4 Å². The van der Waals surface area contributed by atoms with E-state index in [4.69, 9.17) is 9.47 Å². The second-order valence-electron chi connectivity index (χ2n) is 11.0. The van der Waals surface area contributed by atoms with E-state index < -0.39 is 5.09 Å². The summed E-state index contributed by atoms with van der Waals surface area (Å²) in [5.41, 5.74) is 3.15. The van der Waals surface area contributed by atoms with Crippen LogP contribution in [-0.2, 0) is 16.1 Å². The number of carbonyl (C=O) groups is 1. The second kappa shape index (κ2) is 12.6. The molecule has 1 aliphatic carbocycles. The molecule has 36 heavy (non-hydrogen) atoms. The van der Waals surface area contributed by atoms with Gasteiger partial charge in [0.2, 0.25) is 0 Å². The van der Waals surface area contributed by atoms with E-state index in [1.807, 2.05) is 6.07 Å². The molecule has 0 aromatic heterocycles. The van der Waals surface area contributed by atoms with Crippen LogP contribution in [0, 0.1) is 22.0 Å². The van der Waals surface area contributed by atoms with Crippen molar-refractivity contribution >= 4 is 5.97 Å². The van der Waals surface area contributed by atoms with Gasteiger partial charge in [0, 0.05) is 17.4 Å².